The van der Waals surface area contributed by atoms with Crippen LogP contribution >= 0.6 is 9.24 Å². The molecule has 23 heavy (non-hydrogen) atoms. The third-order valence-corrected chi connectivity index (χ3v) is 3.16. The largest absolute Gasteiger partial charge is 0.458 e. The van der Waals surface area contributed by atoms with Gasteiger partial charge in [-0.05, 0) is 40.8 Å². The first-order valence-corrected chi connectivity index (χ1v) is 7.49. The number of hydrogen-bond acceptors (Lipinski definition) is 6. The van der Waals surface area contributed by atoms with Crippen molar-refractivity contribution >= 4 is 32.5 Å². The highest BCUT2D eigenvalue weighted by molar-refractivity contribution is 7.39. The van der Waals surface area contributed by atoms with Gasteiger partial charge < -0.3 is 15.4 Å². The monoisotopic (exact) mass is 340 g/mol. The van der Waals surface area contributed by atoms with Crippen molar-refractivity contribution < 1.29 is 19.1 Å². The van der Waals surface area contributed by atoms with Gasteiger partial charge in [-0.25, -0.2) is 10.2 Å². The molecule has 8 nitrogen and oxygen atoms in total. The van der Waals surface area contributed by atoms with Crippen molar-refractivity contribution in [1.82, 2.24) is 10.7 Å². The van der Waals surface area contributed by atoms with Gasteiger partial charge in [0.25, 0.3) is 0 Å². The van der Waals surface area contributed by atoms with Crippen LogP contribution < -0.4 is 21.9 Å². The van der Waals surface area contributed by atoms with Gasteiger partial charge in [0.15, 0.2) is 0 Å². The molecule has 0 aromatic heterocycles. The zero-order chi connectivity index (χ0) is 17.4. The van der Waals surface area contributed by atoms with Crippen molar-refractivity contribution in [2.75, 3.05) is 5.32 Å². The van der Waals surface area contributed by atoms with E-state index in [1.807, 2.05) is 9.24 Å². The molecule has 2 unspecified atom stereocenters. The van der Waals surface area contributed by atoms with Gasteiger partial charge >= 0.3 is 5.71 Å². The number of nitrogens with one attached hydrogen (secondary N) is 3. The Kier molecular flexibility index (Phi) is 7.61. The van der Waals surface area contributed by atoms with Crippen LogP contribution in [-0.2, 0) is 20.9 Å². The van der Waals surface area contributed by atoms with Gasteiger partial charge in [0.2, 0.25) is 11.8 Å². The Labute approximate surface area is 136 Å². The molecule has 2 amide bonds. The van der Waals surface area contributed by atoms with Gasteiger partial charge in [0, 0.05) is 5.69 Å². The predicted octanol–water partition coefficient (Wildman–Crippen LogP) is 0.493. The SMILES string of the molecule is CC(NN)C(=O)N[C@@H](C)C(=O)Nc1ccc(COC(=O)P)cc1. The quantitative estimate of drug-likeness (QED) is 0.326. The lowest BCUT2D eigenvalue weighted by Crippen LogP contribution is -2.50. The van der Waals surface area contributed by atoms with Crippen molar-refractivity contribution in [2.45, 2.75) is 32.5 Å². The third-order valence-electron chi connectivity index (χ3n) is 3.00. The Morgan fingerprint density at radius 2 is 1.74 bits per heavy atom. The van der Waals surface area contributed by atoms with Crippen LogP contribution in [0.1, 0.15) is 19.4 Å². The van der Waals surface area contributed by atoms with Crippen LogP contribution in [0.3, 0.4) is 0 Å². The molecule has 0 fully saturated rings. The molecule has 126 valence electrons. The number of benzene rings is 1. The fourth-order valence-electron chi connectivity index (χ4n) is 1.57. The Hall–Kier alpha value is -2.02. The van der Waals surface area contributed by atoms with Gasteiger partial charge in [0.05, 0.1) is 6.04 Å². The predicted molar refractivity (Wildman–Crippen MR) is 89.4 cm³/mol. The summed E-state index contributed by atoms with van der Waals surface area (Å²) in [6, 6.07) is 5.52. The molecular formula is C14H21N4O4P. The van der Waals surface area contributed by atoms with E-state index >= 15 is 0 Å². The van der Waals surface area contributed by atoms with E-state index < -0.39 is 17.8 Å². The number of carbonyl (C=O) groups excluding carboxylic acids is 3. The van der Waals surface area contributed by atoms with Crippen LogP contribution in [0.15, 0.2) is 24.3 Å². The summed E-state index contributed by atoms with van der Waals surface area (Å²) in [5.74, 6) is 4.44. The van der Waals surface area contributed by atoms with E-state index in [1.54, 1.807) is 38.1 Å². The van der Waals surface area contributed by atoms with Crippen molar-refractivity contribution in [3.8, 4) is 0 Å². The second-order valence-corrected chi connectivity index (χ2v) is 5.38. The molecule has 0 radical (unpaired) electrons. The Morgan fingerprint density at radius 3 is 2.26 bits per heavy atom. The molecule has 0 heterocycles. The van der Waals surface area contributed by atoms with Crippen LogP contribution in [0, 0.1) is 0 Å². The summed E-state index contributed by atoms with van der Waals surface area (Å²) < 4.78 is 4.84. The Morgan fingerprint density at radius 1 is 1.13 bits per heavy atom. The summed E-state index contributed by atoms with van der Waals surface area (Å²) >= 11 is 0. The van der Waals surface area contributed by atoms with E-state index in [2.05, 4.69) is 16.1 Å². The minimum Gasteiger partial charge on any atom is -0.458 e. The summed E-state index contributed by atoms with van der Waals surface area (Å²) in [4.78, 5) is 34.3. The molecule has 9 heteroatoms. The number of hydrazine groups is 1. The highest BCUT2D eigenvalue weighted by Gasteiger charge is 2.18. The fraction of sp³-hybridized carbons (Fsp3) is 0.357. The molecule has 0 aliphatic carbocycles. The maximum atomic E-state index is 12.0. The number of rotatable bonds is 7. The molecule has 0 aliphatic rings. The zero-order valence-electron chi connectivity index (χ0n) is 13.0. The third kappa shape index (κ3) is 6.73. The lowest BCUT2D eigenvalue weighted by atomic mass is 10.2. The van der Waals surface area contributed by atoms with Crippen LogP contribution in [0.25, 0.3) is 0 Å². The molecule has 0 spiro atoms. The van der Waals surface area contributed by atoms with Gasteiger partial charge in [-0.1, -0.05) is 12.1 Å². The average molecular weight is 340 g/mol. The van der Waals surface area contributed by atoms with Crippen LogP contribution in [0.4, 0.5) is 10.5 Å². The van der Waals surface area contributed by atoms with Crippen molar-refractivity contribution in [3.05, 3.63) is 29.8 Å². The minimum absolute atomic E-state index is 0.160. The Bertz CT molecular complexity index is 564. The topological polar surface area (TPSA) is 123 Å². The fourth-order valence-corrected chi connectivity index (χ4v) is 1.65. The number of anilines is 1. The summed E-state index contributed by atoms with van der Waals surface area (Å²) in [6.07, 6.45) is 0. The average Bonchev–Trinajstić information content (AvgIpc) is 2.53. The molecular weight excluding hydrogens is 319 g/mol. The highest BCUT2D eigenvalue weighted by Crippen LogP contribution is 2.11. The normalized spacial score (nSPS) is 12.9. The standard InChI is InChI=1S/C14H21N4O4P/c1-8(16-13(20)9(2)18-15)12(19)17-11-5-3-10(4-6-11)7-22-14(21)23/h3-6,8-9,18H,7,15,23H2,1-2H3,(H,16,20)(H,17,19)/t8-,9?/m0/s1. The summed E-state index contributed by atoms with van der Waals surface area (Å²) in [6.45, 7) is 3.32. The maximum Gasteiger partial charge on any atom is 0.320 e. The van der Waals surface area contributed by atoms with E-state index in [1.165, 1.54) is 0 Å². The summed E-state index contributed by atoms with van der Waals surface area (Å²) in [5, 5.41) is 5.22. The lowest BCUT2D eigenvalue weighted by Gasteiger charge is -2.17. The molecule has 1 aromatic rings. The Balaban J connectivity index is 2.53. The second-order valence-electron chi connectivity index (χ2n) is 4.91. The first kappa shape index (κ1) is 19.0. The van der Waals surface area contributed by atoms with Gasteiger partial charge in [0.1, 0.15) is 12.6 Å². The van der Waals surface area contributed by atoms with Crippen molar-refractivity contribution in [1.29, 1.82) is 0 Å². The molecule has 5 N–H and O–H groups in total. The van der Waals surface area contributed by atoms with Crippen molar-refractivity contribution in [2.24, 2.45) is 5.84 Å². The van der Waals surface area contributed by atoms with E-state index in [-0.39, 0.29) is 18.4 Å². The second kappa shape index (κ2) is 9.19. The van der Waals surface area contributed by atoms with E-state index in [0.717, 1.165) is 5.56 Å². The molecule has 0 saturated carbocycles. The van der Waals surface area contributed by atoms with Gasteiger partial charge in [-0.15, -0.1) is 0 Å². The number of amides is 2. The maximum absolute atomic E-state index is 12.0. The number of nitrogens with two attached hydrogens (primary N) is 1. The van der Waals surface area contributed by atoms with Crippen molar-refractivity contribution in [3.63, 3.8) is 0 Å². The van der Waals surface area contributed by atoms with E-state index in [4.69, 9.17) is 10.6 Å². The van der Waals surface area contributed by atoms with E-state index in [9.17, 15) is 14.4 Å². The first-order valence-electron chi connectivity index (χ1n) is 6.92. The molecule has 1 rings (SSSR count). The highest BCUT2D eigenvalue weighted by atomic mass is 31.0. The number of ether oxygens (including phenoxy) is 1. The first-order chi connectivity index (χ1) is 10.8. The number of hydrogen-bond donors (Lipinski definition) is 4. The summed E-state index contributed by atoms with van der Waals surface area (Å²) in [5.41, 5.74) is 3.23. The molecule has 0 bridgehead atoms. The molecule has 0 saturated heterocycles. The summed E-state index contributed by atoms with van der Waals surface area (Å²) in [7, 11) is 1.93. The van der Waals surface area contributed by atoms with Gasteiger partial charge in [-0.2, -0.15) is 0 Å². The minimum atomic E-state index is -0.712. The molecule has 1 aromatic carbocycles. The number of carbonyl (C=O) groups is 3. The lowest BCUT2D eigenvalue weighted by molar-refractivity contribution is -0.127. The zero-order valence-corrected chi connectivity index (χ0v) is 14.1. The smallest absolute Gasteiger partial charge is 0.320 e. The van der Waals surface area contributed by atoms with Crippen LogP contribution in [-0.4, -0.2) is 29.6 Å². The van der Waals surface area contributed by atoms with Crippen LogP contribution in [0.5, 0.6) is 0 Å². The van der Waals surface area contributed by atoms with Gasteiger partial charge in [-0.3, -0.25) is 15.4 Å². The van der Waals surface area contributed by atoms with E-state index in [0.29, 0.717) is 5.69 Å². The van der Waals surface area contributed by atoms with Crippen LogP contribution in [0.2, 0.25) is 0 Å². The molecule has 0 aliphatic heterocycles. The molecule has 3 atom stereocenters.